The molecule has 178 valence electrons. The number of nitrogens with zero attached hydrogens (tertiary/aromatic N) is 4. The minimum Gasteiger partial charge on any atom is -0.493 e. The van der Waals surface area contributed by atoms with Crippen LogP contribution in [-0.2, 0) is 19.4 Å². The van der Waals surface area contributed by atoms with E-state index in [2.05, 4.69) is 43.0 Å². The fourth-order valence-corrected chi connectivity index (χ4v) is 6.08. The van der Waals surface area contributed by atoms with Gasteiger partial charge in [0.15, 0.2) is 11.5 Å². The number of aromatic nitrogens is 3. The normalized spacial score (nSPS) is 14.4. The van der Waals surface area contributed by atoms with Gasteiger partial charge >= 0.3 is 0 Å². The number of para-hydroxylation sites is 1. The summed E-state index contributed by atoms with van der Waals surface area (Å²) in [6, 6.07) is 5.89. The first-order chi connectivity index (χ1) is 16.4. The van der Waals surface area contributed by atoms with Gasteiger partial charge in [-0.2, -0.15) is 0 Å². The number of ether oxygens (including phenoxy) is 2. The lowest BCUT2D eigenvalue weighted by Gasteiger charge is -2.20. The van der Waals surface area contributed by atoms with Crippen LogP contribution in [-0.4, -0.2) is 42.8 Å². The maximum absolute atomic E-state index is 5.60. The average Bonchev–Trinajstić information content (AvgIpc) is 3.37. The molecule has 0 atom stereocenters. The topological polar surface area (TPSA) is 72.4 Å². The van der Waals surface area contributed by atoms with Crippen LogP contribution in [0.25, 0.3) is 20.4 Å². The number of thiophene rings is 1. The molecule has 5 rings (SSSR count). The summed E-state index contributed by atoms with van der Waals surface area (Å²) in [5, 5.41) is 4.70. The smallest absolute Gasteiger partial charge is 0.165 e. The summed E-state index contributed by atoms with van der Waals surface area (Å²) in [6.45, 7) is 8.33. The molecule has 8 heteroatoms. The maximum atomic E-state index is 5.60. The van der Waals surface area contributed by atoms with Crippen LogP contribution >= 0.6 is 11.3 Å². The summed E-state index contributed by atoms with van der Waals surface area (Å²) >= 11 is 1.67. The van der Waals surface area contributed by atoms with Crippen LogP contribution in [0, 0.1) is 5.41 Å². The third kappa shape index (κ3) is 3.70. The van der Waals surface area contributed by atoms with Gasteiger partial charge in [-0.1, -0.05) is 26.0 Å². The number of hydrogen-bond donors (Lipinski definition) is 1. The van der Waals surface area contributed by atoms with Crippen molar-refractivity contribution in [3.63, 3.8) is 0 Å². The van der Waals surface area contributed by atoms with Crippen molar-refractivity contribution in [1.29, 1.82) is 0 Å². The molecule has 1 aromatic carbocycles. The highest BCUT2D eigenvalue weighted by molar-refractivity contribution is 7.26. The molecule has 0 saturated heterocycles. The molecule has 34 heavy (non-hydrogen) atoms. The van der Waals surface area contributed by atoms with Crippen molar-refractivity contribution in [1.82, 2.24) is 15.0 Å². The zero-order valence-electron chi connectivity index (χ0n) is 20.7. The van der Waals surface area contributed by atoms with Crippen molar-refractivity contribution < 1.29 is 9.47 Å². The third-order valence-electron chi connectivity index (χ3n) is 6.67. The number of pyridine rings is 1. The molecule has 3 heterocycles. The van der Waals surface area contributed by atoms with E-state index in [1.165, 1.54) is 16.5 Å². The van der Waals surface area contributed by atoms with Gasteiger partial charge in [-0.3, -0.25) is 0 Å². The minimum atomic E-state index is 0.215. The fourth-order valence-electron chi connectivity index (χ4n) is 4.96. The van der Waals surface area contributed by atoms with E-state index in [1.807, 2.05) is 18.2 Å². The van der Waals surface area contributed by atoms with Crippen LogP contribution in [0.4, 0.5) is 11.6 Å². The molecule has 1 aliphatic carbocycles. The molecule has 1 aliphatic rings. The van der Waals surface area contributed by atoms with Crippen LogP contribution in [0.15, 0.2) is 24.5 Å². The summed E-state index contributed by atoms with van der Waals surface area (Å²) in [5.74, 6) is 3.36. The number of hydrogen-bond acceptors (Lipinski definition) is 8. The van der Waals surface area contributed by atoms with Crippen LogP contribution in [0.5, 0.6) is 11.5 Å². The van der Waals surface area contributed by atoms with Crippen LogP contribution < -0.4 is 19.7 Å². The second kappa shape index (κ2) is 8.58. The molecule has 0 bridgehead atoms. The van der Waals surface area contributed by atoms with E-state index in [9.17, 15) is 0 Å². The van der Waals surface area contributed by atoms with Crippen LogP contribution in [0.1, 0.15) is 37.5 Å². The Bertz CT molecular complexity index is 1380. The second-order valence-corrected chi connectivity index (χ2v) is 10.6. The summed E-state index contributed by atoms with van der Waals surface area (Å²) < 4.78 is 12.1. The molecule has 4 aromatic rings. The number of methoxy groups -OCH3 is 2. The standard InChI is InChI=1S/C26H31N5O2S/c1-7-31(4)24-17-12-26(2,3)11-16(17)19-20-22(34-25(19)30-24)23(29-14-28-20)27-13-15-9-8-10-18(32-5)21(15)33-6/h8-10,14H,7,11-13H2,1-6H3,(H,27,28,29). The molecule has 0 spiro atoms. The number of anilines is 2. The van der Waals surface area contributed by atoms with E-state index in [-0.39, 0.29) is 5.41 Å². The molecule has 0 radical (unpaired) electrons. The first-order valence-corrected chi connectivity index (χ1v) is 12.4. The molecule has 0 saturated carbocycles. The highest BCUT2D eigenvalue weighted by Crippen LogP contribution is 2.47. The van der Waals surface area contributed by atoms with Gasteiger partial charge in [-0.05, 0) is 42.4 Å². The molecule has 0 aliphatic heterocycles. The van der Waals surface area contributed by atoms with Crippen molar-refractivity contribution in [2.24, 2.45) is 5.41 Å². The Labute approximate surface area is 204 Å². The van der Waals surface area contributed by atoms with Gasteiger partial charge in [-0.15, -0.1) is 11.3 Å². The van der Waals surface area contributed by atoms with Gasteiger partial charge in [0.25, 0.3) is 0 Å². The summed E-state index contributed by atoms with van der Waals surface area (Å²) in [7, 11) is 5.44. The van der Waals surface area contributed by atoms with E-state index in [4.69, 9.17) is 19.4 Å². The lowest BCUT2D eigenvalue weighted by molar-refractivity contribution is 0.352. The van der Waals surface area contributed by atoms with Crippen molar-refractivity contribution in [3.8, 4) is 11.5 Å². The third-order valence-corrected chi connectivity index (χ3v) is 7.75. The zero-order valence-corrected chi connectivity index (χ0v) is 21.5. The van der Waals surface area contributed by atoms with E-state index in [1.54, 1.807) is 31.9 Å². The highest BCUT2D eigenvalue weighted by atomic mass is 32.1. The van der Waals surface area contributed by atoms with Crippen molar-refractivity contribution >= 4 is 43.4 Å². The van der Waals surface area contributed by atoms with Crippen molar-refractivity contribution in [3.05, 3.63) is 41.2 Å². The lowest BCUT2D eigenvalue weighted by Crippen LogP contribution is -2.19. The van der Waals surface area contributed by atoms with E-state index < -0.39 is 0 Å². The van der Waals surface area contributed by atoms with Crippen molar-refractivity contribution in [2.45, 2.75) is 40.2 Å². The Balaban J connectivity index is 1.61. The van der Waals surface area contributed by atoms with Gasteiger partial charge < -0.3 is 19.7 Å². The number of fused-ring (bicyclic) bond motifs is 5. The Kier molecular flexibility index (Phi) is 5.72. The van der Waals surface area contributed by atoms with Gasteiger partial charge in [0, 0.05) is 31.1 Å². The number of nitrogens with one attached hydrogen (secondary N) is 1. The lowest BCUT2D eigenvalue weighted by atomic mass is 9.90. The SMILES string of the molecule is CCN(C)c1nc2sc3c(NCc4cccc(OC)c4OC)ncnc3c2c2c1CC(C)(C)C2. The van der Waals surface area contributed by atoms with E-state index in [0.29, 0.717) is 12.3 Å². The second-order valence-electron chi connectivity index (χ2n) is 9.61. The predicted octanol–water partition coefficient (Wildman–Crippen LogP) is 5.45. The molecular weight excluding hydrogens is 446 g/mol. The van der Waals surface area contributed by atoms with Gasteiger partial charge in [0.1, 0.15) is 22.8 Å². The fraction of sp³-hybridized carbons (Fsp3) is 0.423. The summed E-state index contributed by atoms with van der Waals surface area (Å²) in [6.07, 6.45) is 3.72. The quantitative estimate of drug-likeness (QED) is 0.379. The molecule has 0 unspecified atom stereocenters. The van der Waals surface area contributed by atoms with Crippen LogP contribution in [0.2, 0.25) is 0 Å². The highest BCUT2D eigenvalue weighted by Gasteiger charge is 2.35. The monoisotopic (exact) mass is 477 g/mol. The molecule has 7 nitrogen and oxygen atoms in total. The largest absolute Gasteiger partial charge is 0.493 e. The summed E-state index contributed by atoms with van der Waals surface area (Å²) in [4.78, 5) is 17.7. The van der Waals surface area contributed by atoms with Crippen LogP contribution in [0.3, 0.4) is 0 Å². The zero-order chi connectivity index (χ0) is 24.0. The number of rotatable bonds is 7. The van der Waals surface area contributed by atoms with Gasteiger partial charge in [0.05, 0.1) is 24.4 Å². The van der Waals surface area contributed by atoms with Gasteiger partial charge in [-0.25, -0.2) is 15.0 Å². The van der Waals surface area contributed by atoms with E-state index >= 15 is 0 Å². The molecular formula is C26H31N5O2S. The Hall–Kier alpha value is -3.13. The van der Waals surface area contributed by atoms with Crippen molar-refractivity contribution in [2.75, 3.05) is 38.0 Å². The Morgan fingerprint density at radius 1 is 1.12 bits per heavy atom. The Morgan fingerprint density at radius 2 is 1.91 bits per heavy atom. The molecule has 1 N–H and O–H groups in total. The first-order valence-electron chi connectivity index (χ1n) is 11.6. The maximum Gasteiger partial charge on any atom is 0.165 e. The van der Waals surface area contributed by atoms with E-state index in [0.717, 1.165) is 57.4 Å². The summed E-state index contributed by atoms with van der Waals surface area (Å²) in [5.41, 5.74) is 4.98. The number of benzene rings is 1. The van der Waals surface area contributed by atoms with Gasteiger partial charge in [0.2, 0.25) is 0 Å². The first kappa shape index (κ1) is 22.7. The molecule has 0 amide bonds. The Morgan fingerprint density at radius 3 is 2.65 bits per heavy atom. The molecule has 0 fully saturated rings. The predicted molar refractivity (Wildman–Crippen MR) is 140 cm³/mol. The minimum absolute atomic E-state index is 0.215. The average molecular weight is 478 g/mol. The molecule has 3 aromatic heterocycles.